The lowest BCUT2D eigenvalue weighted by molar-refractivity contribution is -0.384. The van der Waals surface area contributed by atoms with E-state index in [9.17, 15) is 14.9 Å². The van der Waals surface area contributed by atoms with Crippen LogP contribution in [0.5, 0.6) is 11.5 Å². The standard InChI is InChI=1S/C27H23Br3N4O5/c1-4-15(2)26-32-21-9-8-18(28)12-20(21)27(35)33(26)31-13-17-11-22(38-3)25(24(30)23(17)29)39-14-16-6-5-7-19(10-16)34(36)37/h5-13,15H,4,14H2,1-3H3/t15-/m0/s1. The predicted molar refractivity (Wildman–Crippen MR) is 161 cm³/mol. The average molecular weight is 723 g/mol. The third-order valence-corrected chi connectivity index (χ3v) is 8.72. The highest BCUT2D eigenvalue weighted by molar-refractivity contribution is 9.13. The first-order valence-corrected chi connectivity index (χ1v) is 14.2. The predicted octanol–water partition coefficient (Wildman–Crippen LogP) is 7.58. The van der Waals surface area contributed by atoms with E-state index in [0.29, 0.717) is 48.3 Å². The van der Waals surface area contributed by atoms with E-state index in [1.807, 2.05) is 26.0 Å². The Bertz CT molecular complexity index is 1660. The number of aromatic nitrogens is 2. The van der Waals surface area contributed by atoms with Gasteiger partial charge in [0.15, 0.2) is 11.5 Å². The van der Waals surface area contributed by atoms with Crippen molar-refractivity contribution in [2.45, 2.75) is 32.8 Å². The third-order valence-electron chi connectivity index (χ3n) is 6.08. The van der Waals surface area contributed by atoms with Crippen LogP contribution >= 0.6 is 47.8 Å². The number of benzene rings is 3. The van der Waals surface area contributed by atoms with Crippen molar-refractivity contribution in [3.8, 4) is 11.5 Å². The highest BCUT2D eigenvalue weighted by atomic mass is 79.9. The van der Waals surface area contributed by atoms with Gasteiger partial charge in [-0.3, -0.25) is 14.9 Å². The number of halogens is 3. The van der Waals surface area contributed by atoms with Crippen molar-refractivity contribution in [1.29, 1.82) is 0 Å². The van der Waals surface area contributed by atoms with E-state index in [2.05, 4.69) is 52.9 Å². The quantitative estimate of drug-likeness (QED) is 0.100. The van der Waals surface area contributed by atoms with E-state index in [0.717, 1.165) is 10.9 Å². The van der Waals surface area contributed by atoms with Gasteiger partial charge in [0.1, 0.15) is 12.4 Å². The lowest BCUT2D eigenvalue weighted by Crippen LogP contribution is -2.23. The first-order valence-electron chi connectivity index (χ1n) is 11.8. The fourth-order valence-electron chi connectivity index (χ4n) is 3.80. The summed E-state index contributed by atoms with van der Waals surface area (Å²) in [6.45, 7) is 4.12. The minimum atomic E-state index is -0.452. The molecule has 4 rings (SSSR count). The van der Waals surface area contributed by atoms with Gasteiger partial charge in [0.25, 0.3) is 11.2 Å². The largest absolute Gasteiger partial charge is 0.493 e. The van der Waals surface area contributed by atoms with Crippen LogP contribution in [0.15, 0.2) is 71.8 Å². The second-order valence-electron chi connectivity index (χ2n) is 8.64. The molecule has 0 fully saturated rings. The molecule has 0 aliphatic heterocycles. The van der Waals surface area contributed by atoms with Crippen molar-refractivity contribution in [2.75, 3.05) is 7.11 Å². The number of hydrogen-bond donors (Lipinski definition) is 0. The molecule has 0 saturated carbocycles. The Kier molecular flexibility index (Phi) is 9.19. The molecule has 9 nitrogen and oxygen atoms in total. The smallest absolute Gasteiger partial charge is 0.282 e. The highest BCUT2D eigenvalue weighted by Gasteiger charge is 2.19. The van der Waals surface area contributed by atoms with E-state index in [-0.39, 0.29) is 23.8 Å². The number of nitro groups is 1. The Labute approximate surface area is 249 Å². The number of hydrogen-bond acceptors (Lipinski definition) is 7. The Hall–Kier alpha value is -3.09. The normalized spacial score (nSPS) is 12.2. The Morgan fingerprint density at radius 1 is 1.15 bits per heavy atom. The molecule has 4 aromatic rings. The monoisotopic (exact) mass is 720 g/mol. The lowest BCUT2D eigenvalue weighted by Gasteiger charge is -2.16. The van der Waals surface area contributed by atoms with Gasteiger partial charge in [-0.1, -0.05) is 41.9 Å². The molecule has 202 valence electrons. The van der Waals surface area contributed by atoms with Gasteiger partial charge in [0.05, 0.1) is 33.6 Å². The molecule has 1 aromatic heterocycles. The van der Waals surface area contributed by atoms with E-state index >= 15 is 0 Å². The number of methoxy groups -OCH3 is 1. The number of ether oxygens (including phenoxy) is 2. The van der Waals surface area contributed by atoms with Crippen LogP contribution in [-0.4, -0.2) is 27.9 Å². The summed E-state index contributed by atoms with van der Waals surface area (Å²) in [6.07, 6.45) is 2.34. The summed E-state index contributed by atoms with van der Waals surface area (Å²) < 4.78 is 14.8. The second kappa shape index (κ2) is 12.4. The van der Waals surface area contributed by atoms with Crippen molar-refractivity contribution >= 4 is 70.6 Å². The molecular formula is C27H23Br3N4O5. The minimum Gasteiger partial charge on any atom is -0.493 e. The van der Waals surface area contributed by atoms with Crippen molar-refractivity contribution in [3.05, 3.63) is 99.4 Å². The molecule has 12 heteroatoms. The summed E-state index contributed by atoms with van der Waals surface area (Å²) in [6, 6.07) is 13.4. The number of non-ortho nitro benzene ring substituents is 1. The molecule has 3 aromatic carbocycles. The average Bonchev–Trinajstić information content (AvgIpc) is 2.93. The van der Waals surface area contributed by atoms with Gasteiger partial charge in [-0.15, -0.1) is 0 Å². The van der Waals surface area contributed by atoms with Crippen LogP contribution in [-0.2, 0) is 6.61 Å². The topological polar surface area (TPSA) is 109 Å². The van der Waals surface area contributed by atoms with Crippen molar-refractivity contribution in [1.82, 2.24) is 9.66 Å². The maximum atomic E-state index is 13.4. The number of nitro benzene ring substituents is 1. The summed E-state index contributed by atoms with van der Waals surface area (Å²) in [5, 5.41) is 16.1. The van der Waals surface area contributed by atoms with Crippen LogP contribution in [0, 0.1) is 10.1 Å². The molecule has 0 radical (unpaired) electrons. The van der Waals surface area contributed by atoms with Gasteiger partial charge < -0.3 is 9.47 Å². The second-order valence-corrected chi connectivity index (χ2v) is 11.1. The van der Waals surface area contributed by atoms with E-state index < -0.39 is 4.92 Å². The Morgan fingerprint density at radius 2 is 1.92 bits per heavy atom. The van der Waals surface area contributed by atoms with Gasteiger partial charge in [0, 0.05) is 32.6 Å². The molecule has 0 unspecified atom stereocenters. The molecule has 0 aliphatic carbocycles. The first-order chi connectivity index (χ1) is 18.6. The van der Waals surface area contributed by atoms with Crippen LogP contribution in [0.4, 0.5) is 5.69 Å². The van der Waals surface area contributed by atoms with Gasteiger partial charge in [-0.05, 0) is 68.1 Å². The van der Waals surface area contributed by atoms with Crippen LogP contribution in [0.25, 0.3) is 10.9 Å². The fourth-order valence-corrected chi connectivity index (χ4v) is 5.10. The van der Waals surface area contributed by atoms with Crippen molar-refractivity contribution < 1.29 is 14.4 Å². The van der Waals surface area contributed by atoms with E-state index in [1.165, 1.54) is 23.9 Å². The van der Waals surface area contributed by atoms with Crippen molar-refractivity contribution in [2.24, 2.45) is 5.10 Å². The molecule has 1 atom stereocenters. The molecule has 1 heterocycles. The number of fused-ring (bicyclic) bond motifs is 1. The summed E-state index contributed by atoms with van der Waals surface area (Å²) in [4.78, 5) is 28.8. The van der Waals surface area contributed by atoms with Gasteiger partial charge in [-0.25, -0.2) is 4.98 Å². The summed E-state index contributed by atoms with van der Waals surface area (Å²) >= 11 is 10.6. The molecule has 0 aliphatic rings. The van der Waals surface area contributed by atoms with Gasteiger partial charge in [-0.2, -0.15) is 9.78 Å². The maximum Gasteiger partial charge on any atom is 0.282 e. The Morgan fingerprint density at radius 3 is 2.62 bits per heavy atom. The number of rotatable bonds is 9. The van der Waals surface area contributed by atoms with Crippen molar-refractivity contribution in [3.63, 3.8) is 0 Å². The van der Waals surface area contributed by atoms with Crippen LogP contribution in [0.1, 0.15) is 43.1 Å². The van der Waals surface area contributed by atoms with Crippen LogP contribution < -0.4 is 15.0 Å². The van der Waals surface area contributed by atoms with Gasteiger partial charge >= 0.3 is 0 Å². The molecular weight excluding hydrogens is 700 g/mol. The molecule has 0 saturated heterocycles. The zero-order chi connectivity index (χ0) is 28.3. The lowest BCUT2D eigenvalue weighted by atomic mass is 10.1. The van der Waals surface area contributed by atoms with E-state index in [4.69, 9.17) is 14.5 Å². The summed E-state index contributed by atoms with van der Waals surface area (Å²) in [7, 11) is 1.51. The fraction of sp³-hybridized carbons (Fsp3) is 0.222. The SMILES string of the molecule is CC[C@H](C)c1nc2ccc(Br)cc2c(=O)n1N=Cc1cc(OC)c(OCc2cccc([N+](=O)[O-])c2)c(Br)c1Br. The van der Waals surface area contributed by atoms with E-state index in [1.54, 1.807) is 30.5 Å². The van der Waals surface area contributed by atoms with Crippen LogP contribution in [0.3, 0.4) is 0 Å². The molecule has 0 spiro atoms. The van der Waals surface area contributed by atoms with Gasteiger partial charge in [0.2, 0.25) is 0 Å². The molecule has 0 N–H and O–H groups in total. The minimum absolute atomic E-state index is 0.00260. The summed E-state index contributed by atoms with van der Waals surface area (Å²) in [5.74, 6) is 1.37. The third kappa shape index (κ3) is 6.23. The summed E-state index contributed by atoms with van der Waals surface area (Å²) in [5.41, 5.74) is 1.58. The first kappa shape index (κ1) is 28.9. The zero-order valence-electron chi connectivity index (χ0n) is 21.2. The molecule has 39 heavy (non-hydrogen) atoms. The number of nitrogens with zero attached hydrogens (tertiary/aromatic N) is 4. The molecule has 0 bridgehead atoms. The van der Waals surface area contributed by atoms with Crippen LogP contribution in [0.2, 0.25) is 0 Å². The molecule has 0 amide bonds. The highest BCUT2D eigenvalue weighted by Crippen LogP contribution is 2.42. The zero-order valence-corrected chi connectivity index (χ0v) is 25.9. The Balaban J connectivity index is 1.73. The maximum absolute atomic E-state index is 13.4.